The van der Waals surface area contributed by atoms with E-state index in [1.807, 2.05) is 0 Å². The summed E-state index contributed by atoms with van der Waals surface area (Å²) in [6, 6.07) is 2.99. The van der Waals surface area contributed by atoms with Crippen molar-refractivity contribution in [1.82, 2.24) is 4.90 Å². The normalized spacial score (nSPS) is 23.5. The van der Waals surface area contributed by atoms with Crippen molar-refractivity contribution >= 4 is 0 Å². The summed E-state index contributed by atoms with van der Waals surface area (Å²) in [6.07, 6.45) is 7.00. The molecule has 0 saturated heterocycles. The van der Waals surface area contributed by atoms with Gasteiger partial charge in [0.2, 0.25) is 0 Å². The third-order valence-corrected chi connectivity index (χ3v) is 3.93. The molecular weight excluding hydrogens is 188 g/mol. The first-order chi connectivity index (χ1) is 7.29. The van der Waals surface area contributed by atoms with Gasteiger partial charge in [-0.3, -0.25) is 4.90 Å². The fourth-order valence-electron chi connectivity index (χ4n) is 2.44. The fourth-order valence-corrected chi connectivity index (χ4v) is 2.44. The molecule has 84 valence electrons. The Bertz CT molecular complexity index is 251. The van der Waals surface area contributed by atoms with Gasteiger partial charge in [0.1, 0.15) is 0 Å². The maximum Gasteiger partial charge on any atom is 0.0628 e. The maximum atomic E-state index is 9.05. The summed E-state index contributed by atoms with van der Waals surface area (Å²) < 4.78 is 0. The van der Waals surface area contributed by atoms with Gasteiger partial charge in [-0.15, -0.1) is 0 Å². The van der Waals surface area contributed by atoms with Crippen LogP contribution in [-0.4, -0.2) is 35.7 Å². The van der Waals surface area contributed by atoms with Crippen molar-refractivity contribution in [2.24, 2.45) is 5.41 Å². The standard InChI is InChI=1S/C12H20N2O/c13-7-6-12(4-5-12)10-14(8-9-15)11-2-1-3-11/h11,15H,1-6,8-10H2. The summed E-state index contributed by atoms with van der Waals surface area (Å²) in [5, 5.41) is 17.8. The molecule has 0 radical (unpaired) electrons. The van der Waals surface area contributed by atoms with E-state index in [9.17, 15) is 0 Å². The molecule has 0 heterocycles. The Morgan fingerprint density at radius 1 is 1.40 bits per heavy atom. The van der Waals surface area contributed by atoms with E-state index in [0.29, 0.717) is 17.9 Å². The summed E-state index contributed by atoms with van der Waals surface area (Å²) in [5.41, 5.74) is 0.291. The van der Waals surface area contributed by atoms with Crippen LogP contribution in [0.1, 0.15) is 38.5 Å². The van der Waals surface area contributed by atoms with Gasteiger partial charge in [0.15, 0.2) is 0 Å². The summed E-state index contributed by atoms with van der Waals surface area (Å²) >= 11 is 0. The average molecular weight is 208 g/mol. The van der Waals surface area contributed by atoms with Crippen LogP contribution >= 0.6 is 0 Å². The molecule has 2 saturated carbocycles. The van der Waals surface area contributed by atoms with E-state index < -0.39 is 0 Å². The van der Waals surface area contributed by atoms with Gasteiger partial charge in [-0.1, -0.05) is 6.42 Å². The van der Waals surface area contributed by atoms with Gasteiger partial charge in [0, 0.05) is 25.6 Å². The molecule has 0 aromatic carbocycles. The smallest absolute Gasteiger partial charge is 0.0628 e. The maximum absolute atomic E-state index is 9.05. The number of aliphatic hydroxyl groups excluding tert-OH is 1. The molecule has 0 amide bonds. The van der Waals surface area contributed by atoms with E-state index in [0.717, 1.165) is 13.1 Å². The second kappa shape index (κ2) is 4.51. The lowest BCUT2D eigenvalue weighted by Gasteiger charge is -2.39. The van der Waals surface area contributed by atoms with Crippen molar-refractivity contribution in [2.75, 3.05) is 19.7 Å². The van der Waals surface area contributed by atoms with E-state index in [1.165, 1.54) is 32.1 Å². The van der Waals surface area contributed by atoms with E-state index in [1.54, 1.807) is 0 Å². The average Bonchev–Trinajstić information content (AvgIpc) is 2.83. The monoisotopic (exact) mass is 208 g/mol. The van der Waals surface area contributed by atoms with Gasteiger partial charge in [-0.05, 0) is 31.1 Å². The van der Waals surface area contributed by atoms with E-state index in [-0.39, 0.29) is 6.61 Å². The van der Waals surface area contributed by atoms with E-state index >= 15 is 0 Å². The van der Waals surface area contributed by atoms with E-state index in [4.69, 9.17) is 10.4 Å². The van der Waals surface area contributed by atoms with Crippen LogP contribution in [0.5, 0.6) is 0 Å². The van der Waals surface area contributed by atoms with E-state index in [2.05, 4.69) is 11.0 Å². The van der Waals surface area contributed by atoms with Crippen molar-refractivity contribution in [3.8, 4) is 6.07 Å². The summed E-state index contributed by atoms with van der Waals surface area (Å²) in [4.78, 5) is 2.41. The molecule has 0 aromatic rings. The van der Waals surface area contributed by atoms with Crippen LogP contribution in [-0.2, 0) is 0 Å². The number of aliphatic hydroxyl groups is 1. The minimum atomic E-state index is 0.249. The van der Waals surface area contributed by atoms with Gasteiger partial charge in [-0.2, -0.15) is 5.26 Å². The largest absolute Gasteiger partial charge is 0.395 e. The zero-order chi connectivity index (χ0) is 10.7. The Balaban J connectivity index is 1.85. The fraction of sp³-hybridized carbons (Fsp3) is 0.917. The first-order valence-electron chi connectivity index (χ1n) is 6.01. The lowest BCUT2D eigenvalue weighted by molar-refractivity contribution is 0.0808. The van der Waals surface area contributed by atoms with Gasteiger partial charge in [0.25, 0.3) is 0 Å². The van der Waals surface area contributed by atoms with Crippen molar-refractivity contribution in [3.05, 3.63) is 0 Å². The van der Waals surface area contributed by atoms with Gasteiger partial charge in [-0.25, -0.2) is 0 Å². The van der Waals surface area contributed by atoms with Crippen molar-refractivity contribution in [1.29, 1.82) is 5.26 Å². The Kier molecular flexibility index (Phi) is 3.28. The molecule has 0 bridgehead atoms. The Morgan fingerprint density at radius 3 is 2.53 bits per heavy atom. The molecule has 3 nitrogen and oxygen atoms in total. The molecule has 2 fully saturated rings. The lowest BCUT2D eigenvalue weighted by atomic mass is 9.90. The van der Waals surface area contributed by atoms with Crippen LogP contribution in [0.2, 0.25) is 0 Å². The number of nitrogens with zero attached hydrogens (tertiary/aromatic N) is 2. The van der Waals surface area contributed by atoms with Crippen molar-refractivity contribution in [2.45, 2.75) is 44.6 Å². The number of hydrogen-bond acceptors (Lipinski definition) is 3. The van der Waals surface area contributed by atoms with Crippen LogP contribution in [0.25, 0.3) is 0 Å². The lowest BCUT2D eigenvalue weighted by Crippen LogP contribution is -2.44. The minimum absolute atomic E-state index is 0.249. The molecule has 15 heavy (non-hydrogen) atoms. The Labute approximate surface area is 91.7 Å². The first kappa shape index (κ1) is 10.9. The molecule has 0 atom stereocenters. The molecular formula is C12H20N2O. The zero-order valence-corrected chi connectivity index (χ0v) is 9.28. The zero-order valence-electron chi connectivity index (χ0n) is 9.28. The molecule has 0 unspecified atom stereocenters. The molecule has 0 aromatic heterocycles. The van der Waals surface area contributed by atoms with Gasteiger partial charge < -0.3 is 5.11 Å². The molecule has 0 aliphatic heterocycles. The molecule has 2 rings (SSSR count). The highest BCUT2D eigenvalue weighted by Crippen LogP contribution is 2.49. The van der Waals surface area contributed by atoms with Gasteiger partial charge in [0.05, 0.1) is 12.7 Å². The molecule has 0 spiro atoms. The summed E-state index contributed by atoms with van der Waals surface area (Å²) in [6.45, 7) is 2.07. The van der Waals surface area contributed by atoms with Crippen molar-refractivity contribution < 1.29 is 5.11 Å². The van der Waals surface area contributed by atoms with Crippen LogP contribution < -0.4 is 0 Å². The van der Waals surface area contributed by atoms with Crippen LogP contribution in [0.15, 0.2) is 0 Å². The first-order valence-corrected chi connectivity index (χ1v) is 6.01. The predicted molar refractivity (Wildman–Crippen MR) is 58.2 cm³/mol. The third-order valence-electron chi connectivity index (χ3n) is 3.93. The molecule has 2 aliphatic carbocycles. The molecule has 3 heteroatoms. The Hall–Kier alpha value is -0.590. The van der Waals surface area contributed by atoms with Crippen LogP contribution in [0.4, 0.5) is 0 Å². The SMILES string of the molecule is N#CCC1(CN(CCO)C2CCC2)CC1. The van der Waals surface area contributed by atoms with Gasteiger partial charge >= 0.3 is 0 Å². The minimum Gasteiger partial charge on any atom is -0.395 e. The quantitative estimate of drug-likeness (QED) is 0.720. The van der Waals surface area contributed by atoms with Crippen LogP contribution in [0.3, 0.4) is 0 Å². The topological polar surface area (TPSA) is 47.3 Å². The number of rotatable bonds is 6. The Morgan fingerprint density at radius 2 is 2.13 bits per heavy atom. The summed E-state index contributed by atoms with van der Waals surface area (Å²) in [5.74, 6) is 0. The van der Waals surface area contributed by atoms with Crippen molar-refractivity contribution in [3.63, 3.8) is 0 Å². The highest BCUT2D eigenvalue weighted by Gasteiger charge is 2.44. The highest BCUT2D eigenvalue weighted by molar-refractivity contribution is 5.02. The third kappa shape index (κ3) is 2.50. The molecule has 1 N–H and O–H groups in total. The molecule has 2 aliphatic rings. The number of nitriles is 1. The second-order valence-electron chi connectivity index (χ2n) is 5.11. The predicted octanol–water partition coefficient (Wildman–Crippen LogP) is 1.53. The number of hydrogen-bond donors (Lipinski definition) is 1. The second-order valence-corrected chi connectivity index (χ2v) is 5.11. The van der Waals surface area contributed by atoms with Crippen LogP contribution in [0, 0.1) is 16.7 Å². The summed E-state index contributed by atoms with van der Waals surface area (Å²) in [7, 11) is 0. The highest BCUT2D eigenvalue weighted by atomic mass is 16.3.